The van der Waals surface area contributed by atoms with Crippen LogP contribution in [0.1, 0.15) is 27.0 Å². The Balaban J connectivity index is 1.56. The maximum Gasteiger partial charge on any atom is 0.261 e. The van der Waals surface area contributed by atoms with Crippen molar-refractivity contribution >= 4 is 17.3 Å². The predicted molar refractivity (Wildman–Crippen MR) is 106 cm³/mol. The van der Waals surface area contributed by atoms with Gasteiger partial charge >= 0.3 is 0 Å². The summed E-state index contributed by atoms with van der Waals surface area (Å²) in [5.74, 6) is -0.0488. The van der Waals surface area contributed by atoms with Crippen molar-refractivity contribution in [1.82, 2.24) is 4.98 Å². The lowest BCUT2D eigenvalue weighted by Gasteiger charge is -2.18. The van der Waals surface area contributed by atoms with Gasteiger partial charge in [-0.3, -0.25) is 9.78 Å². The minimum absolute atomic E-state index is 0.0488. The maximum absolute atomic E-state index is 13.1. The van der Waals surface area contributed by atoms with Crippen LogP contribution in [0.2, 0.25) is 0 Å². The summed E-state index contributed by atoms with van der Waals surface area (Å²) in [5.41, 5.74) is 5.17. The number of anilines is 2. The highest BCUT2D eigenvalue weighted by atomic mass is 16.3. The largest absolute Gasteiger partial charge is 0.373 e. The van der Waals surface area contributed by atoms with Crippen molar-refractivity contribution < 1.29 is 9.90 Å². The van der Waals surface area contributed by atoms with Gasteiger partial charge in [0, 0.05) is 30.2 Å². The first kappa shape index (κ1) is 17.2. The molecule has 136 valence electrons. The second-order valence-corrected chi connectivity index (χ2v) is 6.80. The Kier molecular flexibility index (Phi) is 4.60. The number of nitrogens with zero attached hydrogens (tertiary/aromatic N) is 2. The lowest BCUT2D eigenvalue weighted by Crippen LogP contribution is -2.25. The van der Waals surface area contributed by atoms with Crippen LogP contribution in [0.3, 0.4) is 0 Å². The minimum Gasteiger partial charge on any atom is -0.373 e. The van der Waals surface area contributed by atoms with Gasteiger partial charge in [0.25, 0.3) is 5.91 Å². The number of fused-ring (bicyclic) bond motifs is 1. The van der Waals surface area contributed by atoms with E-state index in [0.717, 1.165) is 22.4 Å². The van der Waals surface area contributed by atoms with E-state index in [9.17, 15) is 9.90 Å². The first-order valence-electron chi connectivity index (χ1n) is 8.96. The standard InChI is InChI=1S/C22H21N3O2/c1-15-5-2-8-18(11-15)25-14-17-7-3-9-19(21(17)22(25)27)24-20(26)12-16-6-4-10-23-13-16/h2-11,13,20,24,26H,12,14H2,1H3. The molecule has 5 heteroatoms. The van der Waals surface area contributed by atoms with E-state index in [4.69, 9.17) is 0 Å². The average Bonchev–Trinajstić information content (AvgIpc) is 3.00. The van der Waals surface area contributed by atoms with Crippen LogP contribution in [0.5, 0.6) is 0 Å². The number of benzene rings is 2. The summed E-state index contributed by atoms with van der Waals surface area (Å²) in [4.78, 5) is 18.9. The molecule has 3 aromatic rings. The summed E-state index contributed by atoms with van der Waals surface area (Å²) in [5, 5.41) is 13.5. The number of aliphatic hydroxyl groups is 1. The molecule has 4 rings (SSSR count). The third-order valence-corrected chi connectivity index (χ3v) is 4.73. The zero-order valence-corrected chi connectivity index (χ0v) is 15.1. The van der Waals surface area contributed by atoms with E-state index in [2.05, 4.69) is 10.3 Å². The number of carbonyl (C=O) groups is 1. The molecule has 5 nitrogen and oxygen atoms in total. The quantitative estimate of drug-likeness (QED) is 0.684. The maximum atomic E-state index is 13.1. The van der Waals surface area contributed by atoms with Crippen LogP contribution in [0, 0.1) is 6.92 Å². The van der Waals surface area contributed by atoms with Gasteiger partial charge in [-0.25, -0.2) is 0 Å². The van der Waals surface area contributed by atoms with Gasteiger partial charge in [-0.1, -0.05) is 30.3 Å². The van der Waals surface area contributed by atoms with Gasteiger partial charge in [0.05, 0.1) is 12.1 Å². The van der Waals surface area contributed by atoms with Gasteiger partial charge < -0.3 is 15.3 Å². The van der Waals surface area contributed by atoms with E-state index in [1.807, 2.05) is 61.5 Å². The van der Waals surface area contributed by atoms with Crippen LogP contribution >= 0.6 is 0 Å². The molecule has 0 saturated heterocycles. The van der Waals surface area contributed by atoms with E-state index in [-0.39, 0.29) is 5.91 Å². The number of nitrogens with one attached hydrogen (secondary N) is 1. The van der Waals surface area contributed by atoms with Gasteiger partial charge in [-0.05, 0) is 47.9 Å². The number of pyridine rings is 1. The van der Waals surface area contributed by atoms with E-state index < -0.39 is 6.23 Å². The number of rotatable bonds is 5. The number of amides is 1. The first-order chi connectivity index (χ1) is 13.1. The van der Waals surface area contributed by atoms with E-state index >= 15 is 0 Å². The number of aliphatic hydroxyl groups excluding tert-OH is 1. The van der Waals surface area contributed by atoms with Crippen molar-refractivity contribution in [3.63, 3.8) is 0 Å². The molecule has 27 heavy (non-hydrogen) atoms. The number of aryl methyl sites for hydroxylation is 1. The number of hydrogen-bond donors (Lipinski definition) is 2. The van der Waals surface area contributed by atoms with Gasteiger partial charge in [-0.2, -0.15) is 0 Å². The third kappa shape index (κ3) is 3.55. The summed E-state index contributed by atoms with van der Waals surface area (Å²) < 4.78 is 0. The van der Waals surface area contributed by atoms with Crippen molar-refractivity contribution in [2.45, 2.75) is 26.1 Å². The highest BCUT2D eigenvalue weighted by molar-refractivity contribution is 6.13. The fourth-order valence-corrected chi connectivity index (χ4v) is 3.46. The van der Waals surface area contributed by atoms with Gasteiger partial charge in [0.1, 0.15) is 6.23 Å². The molecule has 0 fully saturated rings. The fraction of sp³-hybridized carbons (Fsp3) is 0.182. The predicted octanol–water partition coefficient (Wildman–Crippen LogP) is 3.52. The van der Waals surface area contributed by atoms with Crippen LogP contribution in [0.4, 0.5) is 11.4 Å². The fourth-order valence-electron chi connectivity index (χ4n) is 3.46. The van der Waals surface area contributed by atoms with E-state index in [0.29, 0.717) is 24.2 Å². The number of aromatic nitrogens is 1. The molecule has 1 aromatic heterocycles. The molecule has 0 spiro atoms. The van der Waals surface area contributed by atoms with Gasteiger partial charge in [-0.15, -0.1) is 0 Å². The summed E-state index contributed by atoms with van der Waals surface area (Å²) in [6.45, 7) is 2.55. The highest BCUT2D eigenvalue weighted by Crippen LogP contribution is 2.33. The smallest absolute Gasteiger partial charge is 0.261 e. The topological polar surface area (TPSA) is 65.5 Å². The molecular formula is C22H21N3O2. The summed E-state index contributed by atoms with van der Waals surface area (Å²) in [6, 6.07) is 17.4. The van der Waals surface area contributed by atoms with Gasteiger partial charge in [0.2, 0.25) is 0 Å². The molecule has 1 atom stereocenters. The molecule has 1 aliphatic heterocycles. The van der Waals surface area contributed by atoms with Crippen LogP contribution in [0.25, 0.3) is 0 Å². The molecule has 0 saturated carbocycles. The molecule has 2 heterocycles. The summed E-state index contributed by atoms with van der Waals surface area (Å²) >= 11 is 0. The number of carbonyl (C=O) groups excluding carboxylic acids is 1. The lowest BCUT2D eigenvalue weighted by atomic mass is 10.1. The summed E-state index contributed by atoms with van der Waals surface area (Å²) in [7, 11) is 0. The molecule has 0 radical (unpaired) electrons. The van der Waals surface area contributed by atoms with E-state index in [1.54, 1.807) is 17.3 Å². The van der Waals surface area contributed by atoms with Crippen molar-refractivity contribution in [3.05, 3.63) is 89.2 Å². The van der Waals surface area contributed by atoms with Crippen molar-refractivity contribution in [1.29, 1.82) is 0 Å². The Morgan fingerprint density at radius 2 is 2.04 bits per heavy atom. The van der Waals surface area contributed by atoms with Crippen LogP contribution < -0.4 is 10.2 Å². The normalized spacial score (nSPS) is 14.1. The Morgan fingerprint density at radius 1 is 1.19 bits per heavy atom. The van der Waals surface area contributed by atoms with Gasteiger partial charge in [0.15, 0.2) is 0 Å². The Hall–Kier alpha value is -3.18. The van der Waals surface area contributed by atoms with Crippen molar-refractivity contribution in [2.24, 2.45) is 0 Å². The van der Waals surface area contributed by atoms with Crippen molar-refractivity contribution in [3.8, 4) is 0 Å². The third-order valence-electron chi connectivity index (χ3n) is 4.73. The SMILES string of the molecule is Cc1cccc(N2Cc3cccc(NC(O)Cc4cccnc4)c3C2=O)c1. The molecule has 1 aliphatic rings. The summed E-state index contributed by atoms with van der Waals surface area (Å²) in [6.07, 6.45) is 3.03. The first-order valence-corrected chi connectivity index (χ1v) is 8.96. The minimum atomic E-state index is -0.804. The van der Waals surface area contributed by atoms with Crippen LogP contribution in [-0.4, -0.2) is 22.2 Å². The molecular weight excluding hydrogens is 338 g/mol. The second kappa shape index (κ2) is 7.21. The molecule has 1 unspecified atom stereocenters. The Bertz CT molecular complexity index is 972. The zero-order valence-electron chi connectivity index (χ0n) is 15.1. The highest BCUT2D eigenvalue weighted by Gasteiger charge is 2.31. The molecule has 0 bridgehead atoms. The second-order valence-electron chi connectivity index (χ2n) is 6.80. The Morgan fingerprint density at radius 3 is 2.81 bits per heavy atom. The zero-order chi connectivity index (χ0) is 18.8. The van der Waals surface area contributed by atoms with Crippen LogP contribution in [0.15, 0.2) is 67.0 Å². The average molecular weight is 359 g/mol. The van der Waals surface area contributed by atoms with Crippen molar-refractivity contribution in [2.75, 3.05) is 10.2 Å². The number of hydrogen-bond acceptors (Lipinski definition) is 4. The Labute approximate surface area is 158 Å². The monoisotopic (exact) mass is 359 g/mol. The molecule has 0 aliphatic carbocycles. The molecule has 1 amide bonds. The van der Waals surface area contributed by atoms with Crippen LogP contribution in [-0.2, 0) is 13.0 Å². The molecule has 2 N–H and O–H groups in total. The lowest BCUT2D eigenvalue weighted by molar-refractivity contribution is 0.0997. The molecule has 2 aromatic carbocycles. The van der Waals surface area contributed by atoms with E-state index in [1.165, 1.54) is 0 Å².